The van der Waals surface area contributed by atoms with Gasteiger partial charge in [0.05, 0.1) is 0 Å². The van der Waals surface area contributed by atoms with E-state index < -0.39 is 34.8 Å². The number of aryl methyl sites for hydroxylation is 2. The van der Waals surface area contributed by atoms with Crippen molar-refractivity contribution >= 4 is 12.1 Å². The van der Waals surface area contributed by atoms with Gasteiger partial charge in [0.1, 0.15) is 28.8 Å². The van der Waals surface area contributed by atoms with Gasteiger partial charge < -0.3 is 12.0 Å². The van der Waals surface area contributed by atoms with Crippen molar-refractivity contribution in [2.24, 2.45) is 0 Å². The minimum absolute atomic E-state index is 0. The van der Waals surface area contributed by atoms with E-state index in [-0.39, 0.29) is 25.0 Å². The predicted octanol–water partition coefficient (Wildman–Crippen LogP) is 8.47. The fourth-order valence-electron chi connectivity index (χ4n) is 4.55. The summed E-state index contributed by atoms with van der Waals surface area (Å²) in [6, 6.07) is 21.1. The van der Waals surface area contributed by atoms with Crippen LogP contribution in [0.3, 0.4) is 0 Å². The van der Waals surface area contributed by atoms with Crippen LogP contribution in [0.25, 0.3) is 22.3 Å². The Morgan fingerprint density at radius 3 is 1.27 bits per heavy atom. The van der Waals surface area contributed by atoms with Crippen molar-refractivity contribution in [3.63, 3.8) is 0 Å². The Balaban J connectivity index is 0.000000782. The monoisotopic (exact) mass is 672 g/mol. The van der Waals surface area contributed by atoms with Crippen LogP contribution in [0.4, 0.5) is 17.6 Å². The number of carbonyl (C=O) groups excluding carboxylic acids is 2. The normalized spacial score (nSPS) is 9.71. The van der Waals surface area contributed by atoms with Crippen molar-refractivity contribution in [1.29, 1.82) is 0 Å². The topological polar surface area (TPSA) is 71.4 Å². The summed E-state index contributed by atoms with van der Waals surface area (Å²) < 4.78 is 53.7. The first kappa shape index (κ1) is 45.0. The zero-order valence-electron chi connectivity index (χ0n) is 29.0. The summed E-state index contributed by atoms with van der Waals surface area (Å²) >= 11 is 0. The molecule has 0 unspecified atom stereocenters. The van der Waals surface area contributed by atoms with E-state index in [1.807, 2.05) is 36.4 Å². The van der Waals surface area contributed by atoms with Gasteiger partial charge in [-0.3, -0.25) is 0 Å². The van der Waals surface area contributed by atoms with E-state index in [0.717, 1.165) is 55.9 Å². The van der Waals surface area contributed by atoms with Gasteiger partial charge in [-0.1, -0.05) is 101 Å². The summed E-state index contributed by atoms with van der Waals surface area (Å²) in [5.74, 6) is -4.80. The number of hydrogen-bond donors (Lipinski definition) is 1. The minimum Gasteiger partial charge on any atom is -0.477 e. The summed E-state index contributed by atoms with van der Waals surface area (Å²) in [6.07, 6.45) is 11.6. The summed E-state index contributed by atoms with van der Waals surface area (Å²) in [7, 11) is 0. The molecule has 0 bridgehead atoms. The Morgan fingerprint density at radius 1 is 0.612 bits per heavy atom. The summed E-state index contributed by atoms with van der Waals surface area (Å²) in [5.41, 5.74) is 3.96. The molecule has 4 nitrogen and oxygen atoms in total. The Hall–Kier alpha value is -3.95. The number of unbranched alkanes of at least 4 members (excludes halogenated alkanes) is 5. The van der Waals surface area contributed by atoms with Crippen molar-refractivity contribution < 1.29 is 55.9 Å². The molecule has 0 aliphatic rings. The van der Waals surface area contributed by atoms with Crippen molar-refractivity contribution in [2.75, 3.05) is 0 Å². The third-order valence-electron chi connectivity index (χ3n) is 7.18. The number of carboxylic acid groups (broad SMARTS) is 1. The van der Waals surface area contributed by atoms with Crippen LogP contribution in [0.15, 0.2) is 78.9 Å². The van der Waals surface area contributed by atoms with Gasteiger partial charge in [0.2, 0.25) is 0 Å². The molecule has 258 valence electrons. The Morgan fingerprint density at radius 2 is 0.959 bits per heavy atom. The molecule has 1 N–H and O–H groups in total. The summed E-state index contributed by atoms with van der Waals surface area (Å²) in [6.45, 7) is 10.1. The first-order valence-corrected chi connectivity index (χ1v) is 16.2. The first-order chi connectivity index (χ1) is 23.0. The van der Waals surface area contributed by atoms with Crippen LogP contribution in [0.1, 0.15) is 93.6 Å². The summed E-state index contributed by atoms with van der Waals surface area (Å²) in [5, 5.41) is 8.77. The van der Waals surface area contributed by atoms with Crippen LogP contribution in [0, 0.1) is 30.2 Å². The zero-order chi connectivity index (χ0) is 35.9. The van der Waals surface area contributed by atoms with Crippen LogP contribution in [0.5, 0.6) is 0 Å². The molecule has 9 heteroatoms. The molecule has 0 saturated carbocycles. The maximum atomic E-state index is 13.7. The van der Waals surface area contributed by atoms with E-state index in [1.165, 1.54) is 55.4 Å². The van der Waals surface area contributed by atoms with Crippen molar-refractivity contribution in [3.8, 4) is 22.3 Å². The molecule has 49 heavy (non-hydrogen) atoms. The molecule has 0 fully saturated rings. The van der Waals surface area contributed by atoms with Crippen LogP contribution in [-0.4, -0.2) is 17.2 Å². The molecule has 0 spiro atoms. The van der Waals surface area contributed by atoms with E-state index >= 15 is 0 Å². The Bertz CT molecular complexity index is 1510. The molecule has 0 heterocycles. The quantitative estimate of drug-likeness (QED) is 0.0710. The predicted molar refractivity (Wildman–Crippen MR) is 182 cm³/mol. The molecule has 0 aliphatic heterocycles. The van der Waals surface area contributed by atoms with E-state index in [2.05, 4.69) is 27.7 Å². The van der Waals surface area contributed by atoms with E-state index in [1.54, 1.807) is 12.1 Å². The van der Waals surface area contributed by atoms with Gasteiger partial charge in [0, 0.05) is 6.07 Å². The molecule has 0 saturated heterocycles. The third-order valence-corrected chi connectivity index (χ3v) is 7.18. The maximum Gasteiger partial charge on any atom is 1.00 e. The van der Waals surface area contributed by atoms with Crippen LogP contribution in [0.2, 0.25) is 0 Å². The Kier molecular flexibility index (Phi) is 23.9. The number of halogens is 4. The fraction of sp³-hybridized carbons (Fsp3) is 0.325. The number of carboxylic acids is 1. The van der Waals surface area contributed by atoms with Gasteiger partial charge in [-0.15, -0.1) is 0 Å². The van der Waals surface area contributed by atoms with E-state index in [9.17, 15) is 22.4 Å². The molecule has 4 rings (SSSR count). The SMILES string of the molecule is CCCCCc1ccc(-c2cc(F)c(C(=O)O)c(F)c2)cc1.CCCCCc1ccc(-c2cc(F)cc(F)c2)cc1.O=C=O.[CH2-]CCC.[Li+]. The second kappa shape index (κ2) is 26.0. The number of benzene rings is 4. The van der Waals surface area contributed by atoms with Gasteiger partial charge in [0.15, 0.2) is 0 Å². The van der Waals surface area contributed by atoms with Gasteiger partial charge in [-0.2, -0.15) is 16.0 Å². The van der Waals surface area contributed by atoms with Crippen LogP contribution in [-0.2, 0) is 22.4 Å². The van der Waals surface area contributed by atoms with Gasteiger partial charge in [-0.05, 0) is 83.3 Å². The zero-order valence-corrected chi connectivity index (χ0v) is 29.0. The first-order valence-electron chi connectivity index (χ1n) is 16.2. The number of carbonyl (C=O) groups is 1. The molecule has 0 atom stereocenters. The molecular weight excluding hydrogens is 627 g/mol. The molecule has 0 radical (unpaired) electrons. The average Bonchev–Trinajstić information content (AvgIpc) is 3.05. The smallest absolute Gasteiger partial charge is 0.477 e. The van der Waals surface area contributed by atoms with Gasteiger partial charge in [-0.25, -0.2) is 22.4 Å². The second-order valence-electron chi connectivity index (χ2n) is 11.0. The third kappa shape index (κ3) is 17.3. The largest absolute Gasteiger partial charge is 1.00 e. The number of rotatable bonds is 12. The Labute approximate surface area is 300 Å². The average molecular weight is 673 g/mol. The standard InChI is InChI=1S/C18H18F2O2.C17H18F2.C4H9.CO2.Li/c1-2-3-4-5-12-6-8-13(9-7-12)14-10-15(19)17(18(21)22)16(20)11-14;1-2-3-4-5-13-6-8-14(9-7-13)15-10-16(18)12-17(19)11-15;1-3-4-2;2-1-3;/h6-11H,2-5H2,1H3,(H,21,22);6-12H,2-5H2,1H3;1,3-4H2,2H3;;/q;;-1;;+1. The fourth-order valence-corrected chi connectivity index (χ4v) is 4.55. The van der Waals surface area contributed by atoms with Crippen molar-refractivity contribution in [3.05, 3.63) is 126 Å². The second-order valence-corrected chi connectivity index (χ2v) is 11.0. The van der Waals surface area contributed by atoms with Crippen molar-refractivity contribution in [1.82, 2.24) is 0 Å². The molecule has 4 aromatic rings. The number of aromatic carboxylic acids is 1. The minimum atomic E-state index is -1.60. The van der Waals surface area contributed by atoms with Gasteiger partial charge in [0.25, 0.3) is 0 Å². The van der Waals surface area contributed by atoms with E-state index in [0.29, 0.717) is 16.7 Å². The maximum absolute atomic E-state index is 13.7. The molecule has 4 aromatic carbocycles. The number of hydrogen-bond acceptors (Lipinski definition) is 3. The molecule has 0 aliphatic carbocycles. The molecule has 0 amide bonds. The van der Waals surface area contributed by atoms with E-state index in [4.69, 9.17) is 14.7 Å². The molecular formula is C40H45F4LiO4. The molecule has 0 aromatic heterocycles. The van der Waals surface area contributed by atoms with Crippen molar-refractivity contribution in [2.45, 2.75) is 85.0 Å². The van der Waals surface area contributed by atoms with Crippen LogP contribution < -0.4 is 18.9 Å². The van der Waals surface area contributed by atoms with Crippen LogP contribution >= 0.6 is 0 Å². The summed E-state index contributed by atoms with van der Waals surface area (Å²) in [4.78, 5) is 27.0. The van der Waals surface area contributed by atoms with Gasteiger partial charge >= 0.3 is 31.0 Å².